The quantitative estimate of drug-likeness (QED) is 0.610. The molecule has 3 rings (SSSR count). The normalized spacial score (nSPS) is 12.3. The predicted octanol–water partition coefficient (Wildman–Crippen LogP) is 3.58. The minimum atomic E-state index is -0.818. The summed E-state index contributed by atoms with van der Waals surface area (Å²) in [5.41, 5.74) is 2.72. The zero-order chi connectivity index (χ0) is 22.4. The molecule has 0 aliphatic carbocycles. The van der Waals surface area contributed by atoms with Crippen LogP contribution in [-0.2, 0) is 11.2 Å². The molecule has 0 saturated carbocycles. The van der Waals surface area contributed by atoms with Crippen LogP contribution in [0.1, 0.15) is 54.0 Å². The van der Waals surface area contributed by atoms with Crippen molar-refractivity contribution in [2.45, 2.75) is 45.7 Å². The van der Waals surface area contributed by atoms with Crippen LogP contribution in [0, 0.1) is 6.92 Å². The molecule has 0 aliphatic heterocycles. The van der Waals surface area contributed by atoms with Crippen molar-refractivity contribution in [1.82, 2.24) is 24.8 Å². The fraction of sp³-hybridized carbons (Fsp3) is 0.348. The summed E-state index contributed by atoms with van der Waals surface area (Å²) in [7, 11) is 0. The summed E-state index contributed by atoms with van der Waals surface area (Å²) in [6, 6.07) is 10.8. The summed E-state index contributed by atoms with van der Waals surface area (Å²) in [4.78, 5) is 32.4. The maximum atomic E-state index is 13.4. The Balaban J connectivity index is 1.99. The molecule has 2 aromatic heterocycles. The van der Waals surface area contributed by atoms with Gasteiger partial charge in [-0.05, 0) is 68.9 Å². The highest BCUT2D eigenvalue weighted by atomic mass is 32.1. The van der Waals surface area contributed by atoms with Crippen LogP contribution in [-0.4, -0.2) is 43.4 Å². The van der Waals surface area contributed by atoms with Crippen LogP contribution >= 0.6 is 11.5 Å². The van der Waals surface area contributed by atoms with E-state index in [1.807, 2.05) is 45.9 Å². The number of amides is 2. The maximum absolute atomic E-state index is 13.4. The number of benzene rings is 1. The summed E-state index contributed by atoms with van der Waals surface area (Å²) in [6.07, 6.45) is 3.86. The highest BCUT2D eigenvalue weighted by Crippen LogP contribution is 2.24. The van der Waals surface area contributed by atoms with Crippen LogP contribution in [0.3, 0.4) is 0 Å². The van der Waals surface area contributed by atoms with Crippen molar-refractivity contribution >= 4 is 23.3 Å². The lowest BCUT2D eigenvalue weighted by atomic mass is 10.0. The van der Waals surface area contributed by atoms with E-state index in [1.54, 1.807) is 34.8 Å². The van der Waals surface area contributed by atoms with Gasteiger partial charge in [-0.2, -0.15) is 0 Å². The average Bonchev–Trinajstić information content (AvgIpc) is 3.25. The molecule has 8 heteroatoms. The van der Waals surface area contributed by atoms with Gasteiger partial charge in [0.25, 0.3) is 5.91 Å². The molecule has 0 saturated heterocycles. The lowest BCUT2D eigenvalue weighted by Gasteiger charge is -2.33. The van der Waals surface area contributed by atoms with E-state index in [2.05, 4.69) is 26.0 Å². The minimum Gasteiger partial charge on any atom is -0.349 e. The molecule has 31 heavy (non-hydrogen) atoms. The molecule has 2 amide bonds. The number of hydrogen-bond acceptors (Lipinski definition) is 6. The van der Waals surface area contributed by atoms with Crippen molar-refractivity contribution in [3.63, 3.8) is 0 Å². The van der Waals surface area contributed by atoms with Crippen LogP contribution in [0.25, 0.3) is 0 Å². The third-order valence-electron chi connectivity index (χ3n) is 4.64. The highest BCUT2D eigenvalue weighted by Gasteiger charge is 2.34. The molecular formula is C23H27N5O2S. The molecule has 0 bridgehead atoms. The lowest BCUT2D eigenvalue weighted by molar-refractivity contribution is -0.127. The van der Waals surface area contributed by atoms with Gasteiger partial charge in [-0.1, -0.05) is 34.3 Å². The van der Waals surface area contributed by atoms with E-state index in [0.29, 0.717) is 18.5 Å². The Morgan fingerprint density at radius 2 is 1.90 bits per heavy atom. The molecule has 3 aromatic rings. The van der Waals surface area contributed by atoms with Crippen LogP contribution in [0.5, 0.6) is 0 Å². The van der Waals surface area contributed by atoms with E-state index in [9.17, 15) is 9.59 Å². The number of hydrogen-bond donors (Lipinski definition) is 1. The third kappa shape index (κ3) is 6.18. The first kappa shape index (κ1) is 22.6. The first-order chi connectivity index (χ1) is 14.7. The molecule has 2 heterocycles. The second-order valence-corrected chi connectivity index (χ2v) is 9.06. The summed E-state index contributed by atoms with van der Waals surface area (Å²) in [5.74, 6) is -0.577. The first-order valence-corrected chi connectivity index (χ1v) is 10.9. The fourth-order valence-corrected chi connectivity index (χ4v) is 3.76. The number of carbonyl (C=O) groups excluding carboxylic acids is 2. The Kier molecular flexibility index (Phi) is 7.12. The van der Waals surface area contributed by atoms with Gasteiger partial charge in [0.2, 0.25) is 5.91 Å². The molecule has 162 valence electrons. The summed E-state index contributed by atoms with van der Waals surface area (Å²) < 4.78 is 3.83. The third-order valence-corrected chi connectivity index (χ3v) is 5.15. The van der Waals surface area contributed by atoms with Crippen molar-refractivity contribution in [2.24, 2.45) is 0 Å². The molecule has 0 radical (unpaired) electrons. The molecule has 1 unspecified atom stereocenters. The van der Waals surface area contributed by atoms with E-state index in [-0.39, 0.29) is 17.5 Å². The van der Waals surface area contributed by atoms with E-state index >= 15 is 0 Å². The number of nitrogens with zero attached hydrogens (tertiary/aromatic N) is 4. The number of aryl methyl sites for hydroxylation is 1. The van der Waals surface area contributed by atoms with Crippen molar-refractivity contribution in [3.05, 3.63) is 76.6 Å². The van der Waals surface area contributed by atoms with Crippen molar-refractivity contribution in [2.75, 3.05) is 6.54 Å². The van der Waals surface area contributed by atoms with Gasteiger partial charge < -0.3 is 10.2 Å². The Bertz CT molecular complexity index is 1020. The predicted molar refractivity (Wildman–Crippen MR) is 121 cm³/mol. The van der Waals surface area contributed by atoms with E-state index < -0.39 is 11.6 Å². The molecule has 1 N–H and O–H groups in total. The minimum absolute atomic E-state index is 0.233. The number of nitrogens with one attached hydrogen (secondary N) is 1. The maximum Gasteiger partial charge on any atom is 0.276 e. The van der Waals surface area contributed by atoms with Crippen molar-refractivity contribution in [1.29, 1.82) is 0 Å². The van der Waals surface area contributed by atoms with Crippen LogP contribution in [0.2, 0.25) is 0 Å². The SMILES string of the molecule is Cc1cccc(CCN(C(=O)c2csnn2)C(C(=O)NC(C)(C)C)c2ccncc2)c1. The smallest absolute Gasteiger partial charge is 0.276 e. The number of aromatic nitrogens is 3. The van der Waals surface area contributed by atoms with Crippen LogP contribution in [0.15, 0.2) is 54.2 Å². The van der Waals surface area contributed by atoms with Gasteiger partial charge in [0, 0.05) is 29.9 Å². The van der Waals surface area contributed by atoms with Crippen LogP contribution < -0.4 is 5.32 Å². The molecule has 7 nitrogen and oxygen atoms in total. The Hall–Kier alpha value is -3.13. The molecular weight excluding hydrogens is 410 g/mol. The van der Waals surface area contributed by atoms with Gasteiger partial charge in [0.15, 0.2) is 5.69 Å². The van der Waals surface area contributed by atoms with Crippen LogP contribution in [0.4, 0.5) is 0 Å². The Morgan fingerprint density at radius 1 is 1.16 bits per heavy atom. The Labute approximate surface area is 186 Å². The van der Waals surface area contributed by atoms with Gasteiger partial charge in [-0.15, -0.1) is 5.10 Å². The second kappa shape index (κ2) is 9.78. The first-order valence-electron chi connectivity index (χ1n) is 10.1. The molecule has 1 atom stereocenters. The summed E-state index contributed by atoms with van der Waals surface area (Å²) >= 11 is 1.11. The van der Waals surface area contributed by atoms with E-state index in [1.165, 1.54) is 0 Å². The van der Waals surface area contributed by atoms with Crippen molar-refractivity contribution in [3.8, 4) is 0 Å². The van der Waals surface area contributed by atoms with Gasteiger partial charge in [0.1, 0.15) is 6.04 Å². The van der Waals surface area contributed by atoms with Gasteiger partial charge in [0.05, 0.1) is 0 Å². The average molecular weight is 438 g/mol. The second-order valence-electron chi connectivity index (χ2n) is 8.45. The monoisotopic (exact) mass is 437 g/mol. The highest BCUT2D eigenvalue weighted by molar-refractivity contribution is 7.03. The summed E-state index contributed by atoms with van der Waals surface area (Å²) in [6.45, 7) is 8.13. The number of rotatable bonds is 7. The Morgan fingerprint density at radius 3 is 2.52 bits per heavy atom. The molecule has 1 aromatic carbocycles. The van der Waals surface area contributed by atoms with E-state index in [0.717, 1.165) is 22.7 Å². The summed E-state index contributed by atoms with van der Waals surface area (Å²) in [5, 5.41) is 8.57. The number of pyridine rings is 1. The fourth-order valence-electron chi connectivity index (χ4n) is 3.33. The molecule has 0 aliphatic rings. The molecule has 0 fully saturated rings. The molecule has 0 spiro atoms. The standard InChI is InChI=1S/C23H27N5O2S/c1-16-6-5-7-17(14-16)10-13-28(22(30)19-15-31-27-26-19)20(18-8-11-24-12-9-18)21(29)25-23(2,3)4/h5-9,11-12,14-15,20H,10,13H2,1-4H3,(H,25,29). The van der Waals surface area contributed by atoms with Gasteiger partial charge in [-0.25, -0.2) is 0 Å². The lowest BCUT2D eigenvalue weighted by Crippen LogP contribution is -2.49. The van der Waals surface area contributed by atoms with Gasteiger partial charge >= 0.3 is 0 Å². The zero-order valence-corrected chi connectivity index (χ0v) is 19.0. The van der Waals surface area contributed by atoms with E-state index in [4.69, 9.17) is 0 Å². The topological polar surface area (TPSA) is 88.1 Å². The van der Waals surface area contributed by atoms with Gasteiger partial charge in [-0.3, -0.25) is 14.6 Å². The largest absolute Gasteiger partial charge is 0.349 e. The zero-order valence-electron chi connectivity index (χ0n) is 18.2. The van der Waals surface area contributed by atoms with Crippen molar-refractivity contribution < 1.29 is 9.59 Å². The number of carbonyl (C=O) groups is 2.